The highest BCUT2D eigenvalue weighted by Crippen LogP contribution is 2.50. The van der Waals surface area contributed by atoms with Gasteiger partial charge in [0.2, 0.25) is 0 Å². The molecule has 0 fully saturated rings. The zero-order valence-corrected chi connectivity index (χ0v) is 8.11. The van der Waals surface area contributed by atoms with Crippen LogP contribution in [0.15, 0.2) is 23.1 Å². The van der Waals surface area contributed by atoms with Crippen LogP contribution in [0.2, 0.25) is 0 Å². The quantitative estimate of drug-likeness (QED) is 0.578. The van der Waals surface area contributed by atoms with Crippen molar-refractivity contribution in [3.63, 3.8) is 0 Å². The molecule has 0 unspecified atom stereocenters. The predicted molar refractivity (Wildman–Crippen MR) is 52.0 cm³/mol. The molecular weight excluding hydrogens is 222 g/mol. The van der Waals surface area contributed by atoms with Gasteiger partial charge in [-0.25, -0.2) is 9.52 Å². The van der Waals surface area contributed by atoms with Crippen molar-refractivity contribution in [2.45, 2.75) is 4.90 Å². The topological polar surface area (TPSA) is 107 Å². The molecule has 0 aliphatic carbocycles. The number of carboxylic acids is 1. The Morgan fingerprint density at radius 3 is 2.60 bits per heavy atom. The van der Waals surface area contributed by atoms with Gasteiger partial charge in [-0.1, -0.05) is 10.8 Å². The molecule has 1 aromatic rings. The molecule has 0 spiro atoms. The Labute approximate surface area is 86.0 Å². The first-order valence-corrected chi connectivity index (χ1v) is 5.44. The second-order valence-corrected chi connectivity index (χ2v) is 4.74. The number of hydrogen-bond acceptors (Lipinski definition) is 4. The minimum absolute atomic E-state index is 0.0626. The van der Waals surface area contributed by atoms with E-state index >= 15 is 0 Å². The van der Waals surface area contributed by atoms with Gasteiger partial charge in [0, 0.05) is 0 Å². The van der Waals surface area contributed by atoms with E-state index in [-0.39, 0.29) is 16.0 Å². The maximum atomic E-state index is 11.2. The van der Waals surface area contributed by atoms with Crippen LogP contribution in [0.25, 0.3) is 0 Å². The van der Waals surface area contributed by atoms with Gasteiger partial charge < -0.3 is 5.11 Å². The Morgan fingerprint density at radius 2 is 2.00 bits per heavy atom. The molecule has 0 aromatic heterocycles. The van der Waals surface area contributed by atoms with Crippen molar-refractivity contribution in [3.8, 4) is 0 Å². The van der Waals surface area contributed by atoms with Gasteiger partial charge in [-0.15, -0.1) is 0 Å². The lowest BCUT2D eigenvalue weighted by atomic mass is 10.1. The van der Waals surface area contributed by atoms with E-state index in [1.807, 2.05) is 4.72 Å². The zero-order chi connectivity index (χ0) is 11.2. The molecule has 1 amide bonds. The van der Waals surface area contributed by atoms with Crippen LogP contribution < -0.4 is 4.72 Å². The van der Waals surface area contributed by atoms with Gasteiger partial charge in [-0.3, -0.25) is 13.9 Å². The summed E-state index contributed by atoms with van der Waals surface area (Å²) in [5, 5.41) is 8.69. The number of amides is 1. The lowest BCUT2D eigenvalue weighted by molar-refractivity contribution is 0.0696. The van der Waals surface area contributed by atoms with E-state index in [9.17, 15) is 18.7 Å². The summed E-state index contributed by atoms with van der Waals surface area (Å²) in [5.41, 5.74) is 0.00484. The Bertz CT molecular complexity index is 470. The van der Waals surface area contributed by atoms with Crippen LogP contribution in [0.3, 0.4) is 0 Å². The standard InChI is InChI=1S/C8H7NO5S/c10-7-5-2-1-4(8(11)12)3-6(5)15(13,14)9-7/h1-3,13-14H,(H,9,10)(H,11,12). The smallest absolute Gasteiger partial charge is 0.335 e. The normalized spacial score (nSPS) is 19.2. The van der Waals surface area contributed by atoms with Crippen molar-refractivity contribution in [1.82, 2.24) is 4.72 Å². The number of carbonyl (C=O) groups is 2. The SMILES string of the molecule is O=C(O)c1ccc2c(c1)S(O)(O)NC2=O. The molecule has 7 heteroatoms. The third-order valence-electron chi connectivity index (χ3n) is 2.01. The van der Waals surface area contributed by atoms with E-state index in [4.69, 9.17) is 5.11 Å². The molecule has 1 aliphatic heterocycles. The van der Waals surface area contributed by atoms with Gasteiger partial charge in [-0.2, -0.15) is 0 Å². The lowest BCUT2D eigenvalue weighted by Gasteiger charge is -2.26. The monoisotopic (exact) mass is 229 g/mol. The second-order valence-electron chi connectivity index (χ2n) is 3.00. The summed E-state index contributed by atoms with van der Waals surface area (Å²) in [7, 11) is -3.37. The van der Waals surface area contributed by atoms with E-state index in [1.165, 1.54) is 12.1 Å². The lowest BCUT2D eigenvalue weighted by Crippen LogP contribution is -2.17. The fourth-order valence-electron chi connectivity index (χ4n) is 1.32. The van der Waals surface area contributed by atoms with Crippen molar-refractivity contribution in [2.24, 2.45) is 0 Å². The predicted octanol–water partition coefficient (Wildman–Crippen LogP) is 1.15. The minimum Gasteiger partial charge on any atom is -0.478 e. The van der Waals surface area contributed by atoms with E-state index in [1.54, 1.807) is 0 Å². The Kier molecular flexibility index (Phi) is 1.97. The van der Waals surface area contributed by atoms with Gasteiger partial charge in [0.1, 0.15) is 0 Å². The summed E-state index contributed by atoms with van der Waals surface area (Å²) >= 11 is 0. The molecule has 4 N–H and O–H groups in total. The average Bonchev–Trinajstić information content (AvgIpc) is 2.37. The third-order valence-corrected chi connectivity index (χ3v) is 3.44. The van der Waals surface area contributed by atoms with Gasteiger partial charge in [0.05, 0.1) is 16.0 Å². The Hall–Kier alpha value is -1.57. The Balaban J connectivity index is 2.62. The number of nitrogens with one attached hydrogen (secondary N) is 1. The zero-order valence-electron chi connectivity index (χ0n) is 7.30. The Morgan fingerprint density at radius 1 is 1.33 bits per heavy atom. The number of carbonyl (C=O) groups excluding carboxylic acids is 1. The van der Waals surface area contributed by atoms with Gasteiger partial charge in [-0.05, 0) is 18.2 Å². The molecular formula is C8H7NO5S. The fourth-order valence-corrected chi connectivity index (χ4v) is 2.55. The first kappa shape index (κ1) is 9.97. The first-order chi connectivity index (χ1) is 6.92. The summed E-state index contributed by atoms with van der Waals surface area (Å²) in [5.74, 6) is -1.80. The van der Waals surface area contributed by atoms with Crippen molar-refractivity contribution in [3.05, 3.63) is 29.3 Å². The maximum Gasteiger partial charge on any atom is 0.335 e. The number of fused-ring (bicyclic) bond motifs is 1. The van der Waals surface area contributed by atoms with Crippen LogP contribution >= 0.6 is 10.8 Å². The van der Waals surface area contributed by atoms with Crippen LogP contribution in [0, 0.1) is 0 Å². The van der Waals surface area contributed by atoms with Gasteiger partial charge in [0.15, 0.2) is 0 Å². The summed E-state index contributed by atoms with van der Waals surface area (Å²) < 4.78 is 20.9. The molecule has 15 heavy (non-hydrogen) atoms. The molecule has 0 atom stereocenters. The van der Waals surface area contributed by atoms with Crippen LogP contribution in [0.1, 0.15) is 20.7 Å². The summed E-state index contributed by atoms with van der Waals surface area (Å²) in [6.45, 7) is 0. The fraction of sp³-hybridized carbons (Fsp3) is 0. The molecule has 1 aromatic carbocycles. The van der Waals surface area contributed by atoms with Crippen molar-refractivity contribution in [2.75, 3.05) is 0 Å². The van der Waals surface area contributed by atoms with Gasteiger partial charge in [0.25, 0.3) is 5.91 Å². The van der Waals surface area contributed by atoms with E-state index in [0.29, 0.717) is 0 Å². The molecule has 6 nitrogen and oxygen atoms in total. The molecule has 1 aliphatic rings. The highest BCUT2D eigenvalue weighted by molar-refractivity contribution is 8.23. The van der Waals surface area contributed by atoms with Crippen molar-refractivity contribution in [1.29, 1.82) is 0 Å². The number of hydrogen-bond donors (Lipinski definition) is 4. The molecule has 0 bridgehead atoms. The molecule has 0 saturated carbocycles. The highest BCUT2D eigenvalue weighted by atomic mass is 32.3. The highest BCUT2D eigenvalue weighted by Gasteiger charge is 2.33. The number of carboxylic acid groups (broad SMARTS) is 1. The first-order valence-electron chi connectivity index (χ1n) is 3.89. The molecule has 0 saturated heterocycles. The summed E-state index contributed by atoms with van der Waals surface area (Å²) in [6.07, 6.45) is 0. The molecule has 80 valence electrons. The second kappa shape index (κ2) is 2.96. The third kappa shape index (κ3) is 1.46. The summed E-state index contributed by atoms with van der Waals surface area (Å²) in [6, 6.07) is 3.59. The summed E-state index contributed by atoms with van der Waals surface area (Å²) in [4.78, 5) is 21.8. The van der Waals surface area contributed by atoms with E-state index in [2.05, 4.69) is 0 Å². The van der Waals surface area contributed by atoms with Crippen molar-refractivity contribution < 1.29 is 23.8 Å². The minimum atomic E-state index is -3.37. The van der Waals surface area contributed by atoms with Crippen LogP contribution in [0.5, 0.6) is 0 Å². The maximum absolute atomic E-state index is 11.2. The molecule has 0 radical (unpaired) electrons. The van der Waals surface area contributed by atoms with Crippen LogP contribution in [0.4, 0.5) is 0 Å². The largest absolute Gasteiger partial charge is 0.478 e. The number of rotatable bonds is 1. The molecule has 2 rings (SSSR count). The number of aromatic carboxylic acids is 1. The van der Waals surface area contributed by atoms with E-state index < -0.39 is 22.7 Å². The van der Waals surface area contributed by atoms with Crippen LogP contribution in [-0.4, -0.2) is 26.1 Å². The van der Waals surface area contributed by atoms with Crippen LogP contribution in [-0.2, 0) is 0 Å². The number of benzene rings is 1. The molecule has 1 heterocycles. The van der Waals surface area contributed by atoms with Gasteiger partial charge >= 0.3 is 5.97 Å². The van der Waals surface area contributed by atoms with Crippen molar-refractivity contribution >= 4 is 22.7 Å². The average molecular weight is 229 g/mol. The van der Waals surface area contributed by atoms with E-state index in [0.717, 1.165) is 6.07 Å².